The molecular formula is C16H16ClN5O2. The fourth-order valence-electron chi connectivity index (χ4n) is 2.15. The Kier molecular flexibility index (Phi) is 4.61. The predicted octanol–water partition coefficient (Wildman–Crippen LogP) is 3.02. The number of hydrogen-bond donors (Lipinski definition) is 1. The summed E-state index contributed by atoms with van der Waals surface area (Å²) in [5.41, 5.74) is 0.790. The van der Waals surface area contributed by atoms with E-state index in [1.807, 2.05) is 0 Å². The van der Waals surface area contributed by atoms with E-state index in [9.17, 15) is 4.79 Å². The van der Waals surface area contributed by atoms with Crippen molar-refractivity contribution in [2.75, 3.05) is 0 Å². The predicted molar refractivity (Wildman–Crippen MR) is 88.2 cm³/mol. The third-order valence-electron chi connectivity index (χ3n) is 3.57. The third kappa shape index (κ3) is 3.46. The van der Waals surface area contributed by atoms with Crippen LogP contribution in [0.5, 0.6) is 0 Å². The molecule has 0 aliphatic carbocycles. The van der Waals surface area contributed by atoms with Crippen molar-refractivity contribution in [2.24, 2.45) is 0 Å². The number of nitrogens with one attached hydrogen (secondary N) is 1. The summed E-state index contributed by atoms with van der Waals surface area (Å²) in [7, 11) is 0. The van der Waals surface area contributed by atoms with Crippen molar-refractivity contribution < 1.29 is 9.32 Å². The molecule has 0 radical (unpaired) electrons. The zero-order valence-electron chi connectivity index (χ0n) is 13.2. The van der Waals surface area contributed by atoms with E-state index in [4.69, 9.17) is 16.1 Å². The number of rotatable bonds is 5. The number of benzene rings is 1. The molecule has 1 N–H and O–H groups in total. The van der Waals surface area contributed by atoms with Crippen LogP contribution < -0.4 is 5.32 Å². The van der Waals surface area contributed by atoms with Gasteiger partial charge in [-0.05, 0) is 44.2 Å². The fourth-order valence-corrected chi connectivity index (χ4v) is 2.28. The maximum absolute atomic E-state index is 12.3. The Morgan fingerprint density at radius 1 is 1.29 bits per heavy atom. The maximum atomic E-state index is 12.3. The molecule has 0 unspecified atom stereocenters. The second kappa shape index (κ2) is 6.84. The number of halogens is 1. The lowest BCUT2D eigenvalue weighted by molar-refractivity contribution is -0.125. The minimum Gasteiger partial charge on any atom is -0.343 e. The number of carbonyl (C=O) groups excluding carboxylic acids is 1. The molecule has 1 aromatic carbocycles. The van der Waals surface area contributed by atoms with Gasteiger partial charge in [-0.25, -0.2) is 0 Å². The fraction of sp³-hybridized carbons (Fsp3) is 0.250. The minimum absolute atomic E-state index is 0.183. The molecule has 0 saturated carbocycles. The van der Waals surface area contributed by atoms with Crippen LogP contribution in [-0.4, -0.2) is 25.8 Å². The molecule has 0 bridgehead atoms. The third-order valence-corrected chi connectivity index (χ3v) is 3.83. The summed E-state index contributed by atoms with van der Waals surface area (Å²) in [5.74, 6) is 0.598. The topological polar surface area (TPSA) is 85.8 Å². The van der Waals surface area contributed by atoms with E-state index in [0.29, 0.717) is 16.7 Å². The first-order chi connectivity index (χ1) is 11.5. The summed E-state index contributed by atoms with van der Waals surface area (Å²) >= 11 is 5.87. The molecule has 3 rings (SSSR count). The van der Waals surface area contributed by atoms with Crippen molar-refractivity contribution in [3.8, 4) is 11.4 Å². The van der Waals surface area contributed by atoms with E-state index in [1.54, 1.807) is 61.3 Å². The highest BCUT2D eigenvalue weighted by Crippen LogP contribution is 2.21. The minimum atomic E-state index is -0.430. The van der Waals surface area contributed by atoms with Crippen LogP contribution in [0.1, 0.15) is 31.8 Å². The molecule has 0 aliphatic heterocycles. The second-order valence-corrected chi connectivity index (χ2v) is 5.79. The molecule has 0 saturated heterocycles. The molecule has 1 amide bonds. The van der Waals surface area contributed by atoms with E-state index < -0.39 is 12.1 Å². The Labute approximate surface area is 143 Å². The lowest BCUT2D eigenvalue weighted by Crippen LogP contribution is -2.33. The van der Waals surface area contributed by atoms with Gasteiger partial charge in [-0.15, -0.1) is 0 Å². The van der Waals surface area contributed by atoms with Crippen LogP contribution in [0.15, 0.2) is 47.2 Å². The van der Waals surface area contributed by atoms with Crippen LogP contribution in [0.2, 0.25) is 5.02 Å². The van der Waals surface area contributed by atoms with E-state index in [2.05, 4.69) is 20.6 Å². The molecule has 2 aromatic heterocycles. The summed E-state index contributed by atoms with van der Waals surface area (Å²) in [6, 6.07) is 8.04. The number of aromatic nitrogens is 4. The monoisotopic (exact) mass is 345 g/mol. The average molecular weight is 346 g/mol. The molecule has 7 nitrogen and oxygen atoms in total. The van der Waals surface area contributed by atoms with Gasteiger partial charge < -0.3 is 9.84 Å². The van der Waals surface area contributed by atoms with Gasteiger partial charge in [0.2, 0.25) is 17.6 Å². The van der Waals surface area contributed by atoms with Crippen molar-refractivity contribution in [1.82, 2.24) is 25.2 Å². The van der Waals surface area contributed by atoms with Crippen LogP contribution >= 0.6 is 11.6 Å². The Hall–Kier alpha value is -2.67. The highest BCUT2D eigenvalue weighted by atomic mass is 35.5. The summed E-state index contributed by atoms with van der Waals surface area (Å²) in [4.78, 5) is 16.6. The van der Waals surface area contributed by atoms with Crippen molar-refractivity contribution >= 4 is 17.5 Å². The van der Waals surface area contributed by atoms with E-state index in [-0.39, 0.29) is 5.91 Å². The Bertz CT molecular complexity index is 813. The summed E-state index contributed by atoms with van der Waals surface area (Å²) in [6.07, 6.45) is 3.36. The number of carbonyl (C=O) groups is 1. The van der Waals surface area contributed by atoms with Gasteiger partial charge in [0.1, 0.15) is 12.1 Å². The first kappa shape index (κ1) is 16.2. The Balaban J connectivity index is 1.68. The van der Waals surface area contributed by atoms with Gasteiger partial charge in [0, 0.05) is 23.0 Å². The highest BCUT2D eigenvalue weighted by Gasteiger charge is 2.21. The first-order valence-corrected chi connectivity index (χ1v) is 7.81. The van der Waals surface area contributed by atoms with Gasteiger partial charge >= 0.3 is 0 Å². The van der Waals surface area contributed by atoms with E-state index >= 15 is 0 Å². The number of hydrogen-bond acceptors (Lipinski definition) is 5. The van der Waals surface area contributed by atoms with Gasteiger partial charge in [-0.2, -0.15) is 10.1 Å². The standard InChI is InChI=1S/C16H16ClN5O2/c1-10(19-15(23)11(2)22-9-3-8-18-22)16-20-14(21-24-16)12-4-6-13(17)7-5-12/h3-11H,1-2H3,(H,19,23)/t10-,11+/m0/s1. The Morgan fingerprint density at radius 2 is 2.04 bits per heavy atom. The lowest BCUT2D eigenvalue weighted by atomic mass is 10.2. The zero-order valence-corrected chi connectivity index (χ0v) is 13.9. The van der Waals surface area contributed by atoms with Crippen LogP contribution in [-0.2, 0) is 4.79 Å². The van der Waals surface area contributed by atoms with Crippen LogP contribution in [0, 0.1) is 0 Å². The van der Waals surface area contributed by atoms with Gasteiger partial charge in [0.25, 0.3) is 0 Å². The average Bonchev–Trinajstić information content (AvgIpc) is 3.26. The smallest absolute Gasteiger partial charge is 0.249 e. The maximum Gasteiger partial charge on any atom is 0.249 e. The summed E-state index contributed by atoms with van der Waals surface area (Å²) in [5, 5.41) is 11.5. The molecule has 24 heavy (non-hydrogen) atoms. The van der Waals surface area contributed by atoms with Gasteiger partial charge in [-0.3, -0.25) is 9.48 Å². The molecular weight excluding hydrogens is 330 g/mol. The van der Waals surface area contributed by atoms with E-state index in [0.717, 1.165) is 5.56 Å². The second-order valence-electron chi connectivity index (χ2n) is 5.36. The molecule has 3 aromatic rings. The molecule has 2 atom stereocenters. The first-order valence-electron chi connectivity index (χ1n) is 7.43. The van der Waals surface area contributed by atoms with Crippen molar-refractivity contribution in [2.45, 2.75) is 25.9 Å². The highest BCUT2D eigenvalue weighted by molar-refractivity contribution is 6.30. The van der Waals surface area contributed by atoms with Gasteiger partial charge in [0.15, 0.2) is 0 Å². The quantitative estimate of drug-likeness (QED) is 0.768. The van der Waals surface area contributed by atoms with Crippen LogP contribution in [0.4, 0.5) is 0 Å². The largest absolute Gasteiger partial charge is 0.343 e. The van der Waals surface area contributed by atoms with Crippen molar-refractivity contribution in [3.05, 3.63) is 53.6 Å². The summed E-state index contributed by atoms with van der Waals surface area (Å²) < 4.78 is 6.83. The van der Waals surface area contributed by atoms with E-state index in [1.165, 1.54) is 0 Å². The molecule has 0 spiro atoms. The lowest BCUT2D eigenvalue weighted by Gasteiger charge is -2.15. The normalized spacial score (nSPS) is 13.5. The van der Waals surface area contributed by atoms with Gasteiger partial charge in [0.05, 0.1) is 0 Å². The Morgan fingerprint density at radius 3 is 2.71 bits per heavy atom. The van der Waals surface area contributed by atoms with Crippen molar-refractivity contribution in [3.63, 3.8) is 0 Å². The van der Waals surface area contributed by atoms with Crippen molar-refractivity contribution in [1.29, 1.82) is 0 Å². The van der Waals surface area contributed by atoms with Gasteiger partial charge in [-0.1, -0.05) is 16.8 Å². The summed E-state index contributed by atoms with van der Waals surface area (Å²) in [6.45, 7) is 3.55. The molecule has 2 heterocycles. The SMILES string of the molecule is C[C@H](NC(=O)[C@@H](C)n1cccn1)c1nc(-c2ccc(Cl)cc2)no1. The molecule has 0 fully saturated rings. The zero-order chi connectivity index (χ0) is 17.1. The molecule has 0 aliphatic rings. The van der Waals surface area contributed by atoms with Crippen LogP contribution in [0.3, 0.4) is 0 Å². The van der Waals surface area contributed by atoms with Crippen LogP contribution in [0.25, 0.3) is 11.4 Å². The molecule has 8 heteroatoms. The number of nitrogens with zero attached hydrogens (tertiary/aromatic N) is 4. The number of amides is 1. The molecule has 124 valence electrons.